The molecule has 1 heterocycles. The summed E-state index contributed by atoms with van der Waals surface area (Å²) in [6, 6.07) is 6.49. The van der Waals surface area contributed by atoms with Gasteiger partial charge in [0.05, 0.1) is 12.1 Å². The molecule has 1 aromatic heterocycles. The van der Waals surface area contributed by atoms with Gasteiger partial charge in [0.15, 0.2) is 0 Å². The number of aromatic nitrogens is 1. The van der Waals surface area contributed by atoms with Gasteiger partial charge in [-0.1, -0.05) is 6.07 Å². The second-order valence-corrected chi connectivity index (χ2v) is 4.19. The summed E-state index contributed by atoms with van der Waals surface area (Å²) in [5.41, 5.74) is 0.736. The van der Waals surface area contributed by atoms with Crippen molar-refractivity contribution in [2.45, 2.75) is 6.92 Å². The third-order valence-corrected chi connectivity index (χ3v) is 2.65. The zero-order valence-electron chi connectivity index (χ0n) is 10.9. The van der Waals surface area contributed by atoms with Gasteiger partial charge in [-0.15, -0.1) is 0 Å². The van der Waals surface area contributed by atoms with Crippen molar-refractivity contribution in [3.8, 4) is 5.75 Å². The smallest absolute Gasteiger partial charge is 0.335 e. The zero-order chi connectivity index (χ0) is 14.5. The van der Waals surface area contributed by atoms with Crippen molar-refractivity contribution in [3.05, 3.63) is 36.0 Å². The summed E-state index contributed by atoms with van der Waals surface area (Å²) in [4.78, 5) is 26.0. The van der Waals surface area contributed by atoms with E-state index in [1.807, 2.05) is 0 Å². The van der Waals surface area contributed by atoms with E-state index >= 15 is 0 Å². The van der Waals surface area contributed by atoms with E-state index in [4.69, 9.17) is 9.84 Å². The Morgan fingerprint density at radius 1 is 1.40 bits per heavy atom. The normalized spacial score (nSPS) is 10.2. The Kier molecular flexibility index (Phi) is 4.14. The molecule has 0 aliphatic carbocycles. The highest BCUT2D eigenvalue weighted by Crippen LogP contribution is 2.25. The van der Waals surface area contributed by atoms with Gasteiger partial charge in [-0.3, -0.25) is 9.78 Å². The molecule has 0 fully saturated rings. The molecule has 104 valence electrons. The van der Waals surface area contributed by atoms with Gasteiger partial charge < -0.3 is 15.2 Å². The lowest BCUT2D eigenvalue weighted by molar-refractivity contribution is -0.119. The van der Waals surface area contributed by atoms with Crippen LogP contribution in [0.2, 0.25) is 0 Å². The van der Waals surface area contributed by atoms with E-state index < -0.39 is 5.97 Å². The fourth-order valence-corrected chi connectivity index (χ4v) is 1.78. The van der Waals surface area contributed by atoms with Crippen molar-refractivity contribution < 1.29 is 19.4 Å². The lowest BCUT2D eigenvalue weighted by atomic mass is 10.1. The monoisotopic (exact) mass is 274 g/mol. The van der Waals surface area contributed by atoms with Crippen molar-refractivity contribution in [1.82, 2.24) is 10.3 Å². The maximum Gasteiger partial charge on any atom is 0.335 e. The van der Waals surface area contributed by atoms with Crippen LogP contribution >= 0.6 is 0 Å². The predicted octanol–water partition coefficient (Wildman–Crippen LogP) is 1.45. The lowest BCUT2D eigenvalue weighted by Crippen LogP contribution is -2.25. The van der Waals surface area contributed by atoms with Crippen molar-refractivity contribution in [1.29, 1.82) is 0 Å². The SMILES string of the molecule is CC(=O)NCCOc1cc(C(=O)O)cc2cccnc12. The summed E-state index contributed by atoms with van der Waals surface area (Å²) < 4.78 is 5.52. The second kappa shape index (κ2) is 6.01. The average molecular weight is 274 g/mol. The predicted molar refractivity (Wildman–Crippen MR) is 72.9 cm³/mol. The van der Waals surface area contributed by atoms with Crippen LogP contribution in [0.1, 0.15) is 17.3 Å². The van der Waals surface area contributed by atoms with Crippen molar-refractivity contribution in [2.75, 3.05) is 13.2 Å². The van der Waals surface area contributed by atoms with Crippen LogP contribution in [0.25, 0.3) is 10.9 Å². The van der Waals surface area contributed by atoms with Crippen LogP contribution in [0.15, 0.2) is 30.5 Å². The van der Waals surface area contributed by atoms with Gasteiger partial charge in [0.1, 0.15) is 17.9 Å². The Morgan fingerprint density at radius 2 is 2.20 bits per heavy atom. The van der Waals surface area contributed by atoms with Crippen LogP contribution in [0.4, 0.5) is 0 Å². The summed E-state index contributed by atoms with van der Waals surface area (Å²) >= 11 is 0. The van der Waals surface area contributed by atoms with Gasteiger partial charge in [0.25, 0.3) is 0 Å². The van der Waals surface area contributed by atoms with Crippen LogP contribution in [-0.4, -0.2) is 35.1 Å². The molecule has 6 heteroatoms. The molecule has 0 saturated heterocycles. The van der Waals surface area contributed by atoms with E-state index in [1.54, 1.807) is 24.4 Å². The van der Waals surface area contributed by atoms with Crippen LogP contribution in [0.3, 0.4) is 0 Å². The molecule has 20 heavy (non-hydrogen) atoms. The van der Waals surface area contributed by atoms with E-state index in [0.29, 0.717) is 23.2 Å². The second-order valence-electron chi connectivity index (χ2n) is 4.19. The largest absolute Gasteiger partial charge is 0.489 e. The summed E-state index contributed by atoms with van der Waals surface area (Å²) in [5.74, 6) is -0.774. The number of carbonyl (C=O) groups excluding carboxylic acids is 1. The number of pyridine rings is 1. The lowest BCUT2D eigenvalue weighted by Gasteiger charge is -2.10. The van der Waals surface area contributed by atoms with Gasteiger partial charge in [-0.2, -0.15) is 0 Å². The number of carboxylic acids is 1. The number of benzene rings is 1. The Balaban J connectivity index is 2.25. The third kappa shape index (κ3) is 3.23. The third-order valence-electron chi connectivity index (χ3n) is 2.65. The first-order valence-electron chi connectivity index (χ1n) is 6.07. The first-order chi connectivity index (χ1) is 9.58. The maximum absolute atomic E-state index is 11.1. The van der Waals surface area contributed by atoms with Crippen LogP contribution in [0, 0.1) is 0 Å². The van der Waals surface area contributed by atoms with E-state index in [9.17, 15) is 9.59 Å². The number of aromatic carboxylic acids is 1. The number of nitrogens with one attached hydrogen (secondary N) is 1. The molecule has 0 aliphatic heterocycles. The molecule has 0 spiro atoms. The summed E-state index contributed by atoms with van der Waals surface area (Å²) in [6.07, 6.45) is 1.61. The molecular weight excluding hydrogens is 260 g/mol. The Morgan fingerprint density at radius 3 is 2.90 bits per heavy atom. The van der Waals surface area contributed by atoms with Crippen molar-refractivity contribution in [3.63, 3.8) is 0 Å². The van der Waals surface area contributed by atoms with Gasteiger partial charge in [-0.25, -0.2) is 4.79 Å². The molecule has 0 saturated carbocycles. The van der Waals surface area contributed by atoms with E-state index in [0.717, 1.165) is 0 Å². The zero-order valence-corrected chi connectivity index (χ0v) is 10.9. The van der Waals surface area contributed by atoms with Crippen molar-refractivity contribution >= 4 is 22.8 Å². The van der Waals surface area contributed by atoms with E-state index in [1.165, 1.54) is 13.0 Å². The molecule has 6 nitrogen and oxygen atoms in total. The van der Waals surface area contributed by atoms with Gasteiger partial charge >= 0.3 is 5.97 Å². The molecule has 0 radical (unpaired) electrons. The minimum absolute atomic E-state index is 0.139. The summed E-state index contributed by atoms with van der Waals surface area (Å²) in [6.45, 7) is 2.01. The van der Waals surface area contributed by atoms with Crippen LogP contribution in [-0.2, 0) is 4.79 Å². The molecule has 2 N–H and O–H groups in total. The number of rotatable bonds is 5. The molecule has 1 aromatic carbocycles. The first-order valence-corrected chi connectivity index (χ1v) is 6.07. The average Bonchev–Trinajstić information content (AvgIpc) is 2.42. The molecule has 0 unspecified atom stereocenters. The number of carbonyl (C=O) groups is 2. The maximum atomic E-state index is 11.1. The van der Waals surface area contributed by atoms with Gasteiger partial charge in [0, 0.05) is 18.5 Å². The minimum atomic E-state index is -1.03. The number of nitrogens with zero attached hydrogens (tertiary/aromatic N) is 1. The Labute approximate surface area is 115 Å². The number of fused-ring (bicyclic) bond motifs is 1. The highest BCUT2D eigenvalue weighted by Gasteiger charge is 2.10. The summed E-state index contributed by atoms with van der Waals surface area (Å²) in [7, 11) is 0. The number of hydrogen-bond donors (Lipinski definition) is 2. The molecule has 0 atom stereocenters. The molecule has 2 aromatic rings. The minimum Gasteiger partial charge on any atom is -0.489 e. The standard InChI is InChI=1S/C14H14N2O4/c1-9(17)15-5-6-20-12-8-11(14(18)19)7-10-3-2-4-16-13(10)12/h2-4,7-8H,5-6H2,1H3,(H,15,17)(H,18,19). The van der Waals surface area contributed by atoms with E-state index in [2.05, 4.69) is 10.3 Å². The fourth-order valence-electron chi connectivity index (χ4n) is 1.78. The number of hydrogen-bond acceptors (Lipinski definition) is 4. The molecule has 0 aliphatic rings. The topological polar surface area (TPSA) is 88.5 Å². The molecular formula is C14H14N2O4. The van der Waals surface area contributed by atoms with Crippen LogP contribution in [0.5, 0.6) is 5.75 Å². The number of amides is 1. The highest BCUT2D eigenvalue weighted by atomic mass is 16.5. The molecule has 1 amide bonds. The number of carboxylic acid groups (broad SMARTS) is 1. The Bertz CT molecular complexity index is 655. The quantitative estimate of drug-likeness (QED) is 0.805. The fraction of sp³-hybridized carbons (Fsp3) is 0.214. The van der Waals surface area contributed by atoms with E-state index in [-0.39, 0.29) is 18.1 Å². The van der Waals surface area contributed by atoms with Crippen LogP contribution < -0.4 is 10.1 Å². The molecule has 2 rings (SSSR count). The highest BCUT2D eigenvalue weighted by molar-refractivity contribution is 5.96. The first kappa shape index (κ1) is 13.8. The van der Waals surface area contributed by atoms with Gasteiger partial charge in [-0.05, 0) is 18.2 Å². The van der Waals surface area contributed by atoms with Gasteiger partial charge in [0.2, 0.25) is 5.91 Å². The van der Waals surface area contributed by atoms with Crippen molar-refractivity contribution in [2.24, 2.45) is 0 Å². The number of ether oxygens (including phenoxy) is 1. The molecule has 0 bridgehead atoms. The Hall–Kier alpha value is -2.63. The summed E-state index contributed by atoms with van der Waals surface area (Å²) in [5, 5.41) is 12.4.